The van der Waals surface area contributed by atoms with Gasteiger partial charge in [0.15, 0.2) is 0 Å². The Hall–Kier alpha value is -1.75. The summed E-state index contributed by atoms with van der Waals surface area (Å²) in [5.74, 6) is 1.35. The fourth-order valence-corrected chi connectivity index (χ4v) is 3.36. The predicted molar refractivity (Wildman–Crippen MR) is 90.7 cm³/mol. The highest BCUT2D eigenvalue weighted by molar-refractivity contribution is 5.80. The molecule has 3 unspecified atom stereocenters. The van der Waals surface area contributed by atoms with Crippen molar-refractivity contribution >= 4 is 5.91 Å². The number of benzene rings is 1. The van der Waals surface area contributed by atoms with E-state index in [9.17, 15) is 4.79 Å². The molecule has 1 aliphatic carbocycles. The lowest BCUT2D eigenvalue weighted by Gasteiger charge is -2.37. The maximum absolute atomic E-state index is 12.7. The zero-order valence-electron chi connectivity index (χ0n) is 14.5. The van der Waals surface area contributed by atoms with Gasteiger partial charge in [-0.3, -0.25) is 4.79 Å². The molecule has 1 amide bonds. The number of methoxy groups -OCH3 is 2. The predicted octanol–water partition coefficient (Wildman–Crippen LogP) is 2.79. The SMILES string of the molecule is COc1ccc(OC)c(C(C)NC(=O)C2CCCCC2(C)N)c1. The fraction of sp³-hybridized carbons (Fsp3) is 0.611. The lowest BCUT2D eigenvalue weighted by atomic mass is 9.74. The van der Waals surface area contributed by atoms with Gasteiger partial charge in [-0.2, -0.15) is 0 Å². The molecule has 0 bridgehead atoms. The average Bonchev–Trinajstić information content (AvgIpc) is 2.53. The Morgan fingerprint density at radius 1 is 1.35 bits per heavy atom. The van der Waals surface area contributed by atoms with Crippen LogP contribution in [0.25, 0.3) is 0 Å². The summed E-state index contributed by atoms with van der Waals surface area (Å²) in [5.41, 5.74) is 6.80. The molecule has 5 nitrogen and oxygen atoms in total. The Morgan fingerprint density at radius 2 is 2.09 bits per heavy atom. The molecule has 1 aliphatic rings. The third-order valence-corrected chi connectivity index (χ3v) is 4.83. The molecule has 1 aromatic rings. The van der Waals surface area contributed by atoms with Crippen LogP contribution in [0.3, 0.4) is 0 Å². The summed E-state index contributed by atoms with van der Waals surface area (Å²) in [7, 11) is 3.24. The first-order valence-electron chi connectivity index (χ1n) is 8.20. The quantitative estimate of drug-likeness (QED) is 0.875. The van der Waals surface area contributed by atoms with Crippen LogP contribution >= 0.6 is 0 Å². The van der Waals surface area contributed by atoms with E-state index in [-0.39, 0.29) is 17.9 Å². The molecule has 0 saturated heterocycles. The van der Waals surface area contributed by atoms with E-state index in [1.807, 2.05) is 32.0 Å². The van der Waals surface area contributed by atoms with Crippen LogP contribution in [0.4, 0.5) is 0 Å². The molecule has 0 aromatic heterocycles. The molecule has 0 spiro atoms. The van der Waals surface area contributed by atoms with Gasteiger partial charge in [0.2, 0.25) is 5.91 Å². The van der Waals surface area contributed by atoms with Gasteiger partial charge in [0.05, 0.1) is 26.2 Å². The molecular weight excluding hydrogens is 292 g/mol. The number of carbonyl (C=O) groups is 1. The van der Waals surface area contributed by atoms with Gasteiger partial charge in [0.1, 0.15) is 11.5 Å². The molecular formula is C18H28N2O3. The highest BCUT2D eigenvalue weighted by Crippen LogP contribution is 2.33. The highest BCUT2D eigenvalue weighted by atomic mass is 16.5. The second-order valence-corrected chi connectivity index (χ2v) is 6.64. The summed E-state index contributed by atoms with van der Waals surface area (Å²) < 4.78 is 10.7. The van der Waals surface area contributed by atoms with Crippen molar-refractivity contribution in [1.82, 2.24) is 5.32 Å². The second-order valence-electron chi connectivity index (χ2n) is 6.64. The molecule has 1 saturated carbocycles. The molecule has 0 radical (unpaired) electrons. The van der Waals surface area contributed by atoms with Gasteiger partial charge in [-0.05, 0) is 44.9 Å². The summed E-state index contributed by atoms with van der Waals surface area (Å²) >= 11 is 0. The van der Waals surface area contributed by atoms with Crippen molar-refractivity contribution in [2.24, 2.45) is 11.7 Å². The number of ether oxygens (including phenoxy) is 2. The van der Waals surface area contributed by atoms with E-state index in [1.165, 1.54) is 0 Å². The molecule has 3 N–H and O–H groups in total. The van der Waals surface area contributed by atoms with E-state index in [0.717, 1.165) is 42.7 Å². The van der Waals surface area contributed by atoms with Gasteiger partial charge in [0, 0.05) is 11.1 Å². The fourth-order valence-electron chi connectivity index (χ4n) is 3.36. The van der Waals surface area contributed by atoms with Gasteiger partial charge >= 0.3 is 0 Å². The van der Waals surface area contributed by atoms with Crippen molar-refractivity contribution in [1.29, 1.82) is 0 Å². The first-order valence-corrected chi connectivity index (χ1v) is 8.20. The van der Waals surface area contributed by atoms with E-state index in [2.05, 4.69) is 5.32 Å². The summed E-state index contributed by atoms with van der Waals surface area (Å²) in [4.78, 5) is 12.7. The third-order valence-electron chi connectivity index (χ3n) is 4.83. The first kappa shape index (κ1) is 17.6. The van der Waals surface area contributed by atoms with Gasteiger partial charge < -0.3 is 20.5 Å². The van der Waals surface area contributed by atoms with Crippen LogP contribution in [0.5, 0.6) is 11.5 Å². The number of carbonyl (C=O) groups excluding carboxylic acids is 1. The third kappa shape index (κ3) is 3.96. The molecule has 0 aliphatic heterocycles. The van der Waals surface area contributed by atoms with Crippen molar-refractivity contribution in [3.05, 3.63) is 23.8 Å². The largest absolute Gasteiger partial charge is 0.497 e. The van der Waals surface area contributed by atoms with Crippen molar-refractivity contribution in [3.8, 4) is 11.5 Å². The van der Waals surface area contributed by atoms with Crippen molar-refractivity contribution in [3.63, 3.8) is 0 Å². The van der Waals surface area contributed by atoms with E-state index >= 15 is 0 Å². The number of hydrogen-bond donors (Lipinski definition) is 2. The van der Waals surface area contributed by atoms with Crippen molar-refractivity contribution in [2.45, 2.75) is 51.1 Å². The Labute approximate surface area is 138 Å². The van der Waals surface area contributed by atoms with Gasteiger partial charge in [0.25, 0.3) is 0 Å². The van der Waals surface area contributed by atoms with Crippen LogP contribution in [0.2, 0.25) is 0 Å². The summed E-state index contributed by atoms with van der Waals surface area (Å²) in [5, 5.41) is 3.09. The Bertz CT molecular complexity index is 557. The van der Waals surface area contributed by atoms with Crippen LogP contribution in [-0.4, -0.2) is 25.7 Å². The molecule has 23 heavy (non-hydrogen) atoms. The summed E-state index contributed by atoms with van der Waals surface area (Å²) in [6, 6.07) is 5.41. The van der Waals surface area contributed by atoms with Gasteiger partial charge in [-0.15, -0.1) is 0 Å². The molecule has 2 rings (SSSR count). The van der Waals surface area contributed by atoms with Gasteiger partial charge in [-0.25, -0.2) is 0 Å². The minimum Gasteiger partial charge on any atom is -0.497 e. The monoisotopic (exact) mass is 320 g/mol. The zero-order chi connectivity index (χ0) is 17.0. The topological polar surface area (TPSA) is 73.6 Å². The summed E-state index contributed by atoms with van der Waals surface area (Å²) in [6.45, 7) is 3.93. The number of hydrogen-bond acceptors (Lipinski definition) is 4. The van der Waals surface area contributed by atoms with Crippen LogP contribution in [0, 0.1) is 5.92 Å². The zero-order valence-corrected chi connectivity index (χ0v) is 14.5. The molecule has 1 fully saturated rings. The van der Waals surface area contributed by atoms with E-state index in [0.29, 0.717) is 0 Å². The summed E-state index contributed by atoms with van der Waals surface area (Å²) in [6.07, 6.45) is 3.89. The number of nitrogens with one attached hydrogen (secondary N) is 1. The van der Waals surface area contributed by atoms with Crippen LogP contribution in [-0.2, 0) is 4.79 Å². The second kappa shape index (κ2) is 7.21. The van der Waals surface area contributed by atoms with Crippen LogP contribution in [0.15, 0.2) is 18.2 Å². The smallest absolute Gasteiger partial charge is 0.225 e. The number of rotatable bonds is 5. The van der Waals surface area contributed by atoms with Crippen molar-refractivity contribution < 1.29 is 14.3 Å². The highest BCUT2D eigenvalue weighted by Gasteiger charge is 2.38. The normalized spacial score (nSPS) is 25.5. The molecule has 5 heteroatoms. The van der Waals surface area contributed by atoms with Crippen LogP contribution < -0.4 is 20.5 Å². The standard InChI is InChI=1S/C18H28N2O3/c1-12(14-11-13(22-3)8-9-16(14)23-4)20-17(21)15-7-5-6-10-18(15,2)19/h8-9,11-12,15H,5-7,10,19H2,1-4H3,(H,20,21). The molecule has 1 aromatic carbocycles. The Kier molecular flexibility index (Phi) is 5.52. The van der Waals surface area contributed by atoms with Gasteiger partial charge in [-0.1, -0.05) is 12.8 Å². The number of nitrogens with two attached hydrogens (primary N) is 1. The molecule has 128 valence electrons. The Morgan fingerprint density at radius 3 is 2.70 bits per heavy atom. The number of amides is 1. The van der Waals surface area contributed by atoms with E-state index in [4.69, 9.17) is 15.2 Å². The first-order chi connectivity index (χ1) is 10.9. The van der Waals surface area contributed by atoms with Crippen molar-refractivity contribution in [2.75, 3.05) is 14.2 Å². The van der Waals surface area contributed by atoms with E-state index in [1.54, 1.807) is 14.2 Å². The minimum atomic E-state index is -0.430. The van der Waals surface area contributed by atoms with Crippen LogP contribution in [0.1, 0.15) is 51.1 Å². The maximum atomic E-state index is 12.7. The lowest BCUT2D eigenvalue weighted by Crippen LogP contribution is -2.53. The minimum absolute atomic E-state index is 0.0204. The van der Waals surface area contributed by atoms with E-state index < -0.39 is 5.54 Å². The lowest BCUT2D eigenvalue weighted by molar-refractivity contribution is -0.128. The average molecular weight is 320 g/mol. The molecule has 3 atom stereocenters. The molecule has 0 heterocycles. The Balaban J connectivity index is 2.15. The maximum Gasteiger partial charge on any atom is 0.225 e.